The number of rotatable bonds is 2. The average molecular weight is 514 g/mol. The summed E-state index contributed by atoms with van der Waals surface area (Å²) < 4.78 is 5.23. The van der Waals surface area contributed by atoms with Crippen molar-refractivity contribution in [2.75, 3.05) is 14.2 Å². The largest absolute Gasteiger partial charge is 0.503 e. The number of carbonyl (C=O) groups excluding carboxylic acids is 4. The molecule has 6 atom stereocenters. The molecule has 1 aromatic rings. The van der Waals surface area contributed by atoms with Crippen LogP contribution >= 0.6 is 34.8 Å². The van der Waals surface area contributed by atoms with Gasteiger partial charge in [0.15, 0.2) is 21.2 Å². The zero-order valence-corrected chi connectivity index (χ0v) is 19.8. The summed E-state index contributed by atoms with van der Waals surface area (Å²) in [6.45, 7) is 0. The van der Waals surface area contributed by atoms with Crippen molar-refractivity contribution in [3.05, 3.63) is 34.4 Å². The van der Waals surface area contributed by atoms with Crippen LogP contribution in [0.3, 0.4) is 0 Å². The number of methoxy groups -OCH3 is 1. The number of alkyl halides is 2. The van der Waals surface area contributed by atoms with Crippen LogP contribution in [0, 0.1) is 17.8 Å². The normalized spacial score (nSPS) is 37.4. The first-order valence-electron chi connectivity index (χ1n) is 10.3. The first-order chi connectivity index (χ1) is 15.5. The van der Waals surface area contributed by atoms with E-state index < -0.39 is 51.1 Å². The van der Waals surface area contributed by atoms with Crippen LogP contribution in [0.2, 0.25) is 5.02 Å². The van der Waals surface area contributed by atoms with Gasteiger partial charge >= 0.3 is 0 Å². The van der Waals surface area contributed by atoms with Gasteiger partial charge in [-0.15, -0.1) is 23.2 Å². The summed E-state index contributed by atoms with van der Waals surface area (Å²) in [5.74, 6) is -5.29. The van der Waals surface area contributed by atoms with E-state index >= 15 is 0 Å². The van der Waals surface area contributed by atoms with E-state index in [2.05, 4.69) is 5.32 Å². The van der Waals surface area contributed by atoms with Gasteiger partial charge in [-0.2, -0.15) is 0 Å². The first kappa shape index (κ1) is 22.5. The fourth-order valence-electron chi connectivity index (χ4n) is 5.94. The number of fused-ring (bicyclic) bond motifs is 4. The highest BCUT2D eigenvalue weighted by atomic mass is 35.5. The molecule has 0 radical (unpaired) electrons. The maximum atomic E-state index is 13.4. The number of imide groups is 2. The van der Waals surface area contributed by atoms with Gasteiger partial charge in [0.2, 0.25) is 11.8 Å². The van der Waals surface area contributed by atoms with E-state index in [0.717, 1.165) is 4.90 Å². The highest BCUT2D eigenvalue weighted by Crippen LogP contribution is 2.65. The van der Waals surface area contributed by atoms with Crippen LogP contribution in [-0.4, -0.2) is 57.5 Å². The molecule has 2 N–H and O–H groups in total. The molecular weight excluding hydrogens is 495 g/mol. The van der Waals surface area contributed by atoms with Gasteiger partial charge in [0.1, 0.15) is 0 Å². The number of phenols is 1. The number of nitrogens with one attached hydrogen (secondary N) is 1. The third-order valence-corrected chi connectivity index (χ3v) is 9.16. The number of benzene rings is 1. The summed E-state index contributed by atoms with van der Waals surface area (Å²) in [7, 11) is 2.66. The van der Waals surface area contributed by atoms with Crippen LogP contribution in [0.15, 0.2) is 23.8 Å². The minimum atomic E-state index is -1.92. The Morgan fingerprint density at radius 1 is 1.12 bits per heavy atom. The predicted octanol–water partition coefficient (Wildman–Crippen LogP) is 2.33. The number of phenolic OH excluding ortho intramolecular Hbond substituents is 1. The lowest BCUT2D eigenvalue weighted by Crippen LogP contribution is -2.60. The highest BCUT2D eigenvalue weighted by Gasteiger charge is 2.75. The summed E-state index contributed by atoms with van der Waals surface area (Å²) in [6, 6.07) is 2.93. The van der Waals surface area contributed by atoms with Crippen molar-refractivity contribution in [3.63, 3.8) is 0 Å². The molecule has 11 heteroatoms. The van der Waals surface area contributed by atoms with Crippen molar-refractivity contribution < 1.29 is 29.0 Å². The summed E-state index contributed by atoms with van der Waals surface area (Å²) in [4.78, 5) is 48.8. The van der Waals surface area contributed by atoms with Gasteiger partial charge < -0.3 is 9.84 Å². The van der Waals surface area contributed by atoms with E-state index in [4.69, 9.17) is 39.5 Å². The van der Waals surface area contributed by atoms with Crippen LogP contribution in [0.4, 0.5) is 0 Å². The molecule has 2 aliphatic heterocycles. The SMILES string of the molecule is COc1cc([C@H]2C3=CC[C@@H]4C(=O)NC(=O)[C@@H]4[C@@H]3C[C@@]3(Cl)C(=O)N(C)C(=O)[C@@]23Cl)cc(Cl)c1O. The molecule has 3 fully saturated rings. The zero-order valence-electron chi connectivity index (χ0n) is 17.5. The standard InChI is InChI=1S/C22H19Cl3N2O6/c1-27-19(31)21(24)7-11-9(3-4-10-14(11)18(30)26-17(10)29)15(22(21,25)20(27)32)8-5-12(23)16(28)13(6-8)33-2/h3,5-6,10-11,14-15,28H,4,7H2,1-2H3,(H,26,29,30)/t10-,11+,14-,15-,21+,22-/m0/s1. The van der Waals surface area contributed by atoms with E-state index in [0.29, 0.717) is 11.1 Å². The van der Waals surface area contributed by atoms with Crippen molar-refractivity contribution >= 4 is 58.4 Å². The summed E-state index contributed by atoms with van der Waals surface area (Å²) in [5.41, 5.74) is 1.03. The number of allylic oxidation sites excluding steroid dienone is 2. The third-order valence-electron chi connectivity index (χ3n) is 7.46. The number of hydrogen-bond donors (Lipinski definition) is 2. The molecule has 0 bridgehead atoms. The zero-order chi connectivity index (χ0) is 24.0. The number of likely N-dealkylation sites (tertiary alicyclic amines) is 1. The van der Waals surface area contributed by atoms with Crippen molar-refractivity contribution in [2.24, 2.45) is 17.8 Å². The quantitative estimate of drug-likeness (QED) is 0.357. The lowest BCUT2D eigenvalue weighted by Gasteiger charge is -2.50. The molecule has 1 saturated carbocycles. The van der Waals surface area contributed by atoms with Gasteiger partial charge in [-0.25, -0.2) is 0 Å². The second kappa shape index (κ2) is 7.10. The number of halogens is 3. The maximum Gasteiger partial charge on any atom is 0.253 e. The summed E-state index contributed by atoms with van der Waals surface area (Å²) in [5, 5.41) is 12.6. The first-order valence-corrected chi connectivity index (χ1v) is 11.4. The Hall–Kier alpha value is -2.29. The van der Waals surface area contributed by atoms with Gasteiger partial charge in [0.05, 0.1) is 24.0 Å². The monoisotopic (exact) mass is 512 g/mol. The minimum Gasteiger partial charge on any atom is -0.503 e. The van der Waals surface area contributed by atoms with Crippen molar-refractivity contribution in [1.29, 1.82) is 0 Å². The molecule has 1 aromatic carbocycles. The molecule has 0 spiro atoms. The Bertz CT molecular complexity index is 1180. The van der Waals surface area contributed by atoms with E-state index in [9.17, 15) is 24.3 Å². The van der Waals surface area contributed by atoms with Crippen molar-refractivity contribution in [3.8, 4) is 11.5 Å². The Balaban J connectivity index is 1.78. The lowest BCUT2D eigenvalue weighted by molar-refractivity contribution is -0.138. The van der Waals surface area contributed by atoms with E-state index in [1.54, 1.807) is 6.08 Å². The van der Waals surface area contributed by atoms with Crippen LogP contribution < -0.4 is 10.1 Å². The van der Waals surface area contributed by atoms with Gasteiger partial charge in [0.25, 0.3) is 11.8 Å². The van der Waals surface area contributed by atoms with Crippen molar-refractivity contribution in [1.82, 2.24) is 10.2 Å². The molecule has 0 aromatic heterocycles. The number of carbonyl (C=O) groups is 4. The fourth-order valence-corrected chi connectivity index (χ4v) is 7.18. The van der Waals surface area contributed by atoms with Gasteiger partial charge in [-0.3, -0.25) is 29.4 Å². The van der Waals surface area contributed by atoms with E-state index in [-0.39, 0.29) is 35.3 Å². The molecule has 33 heavy (non-hydrogen) atoms. The number of nitrogens with zero attached hydrogens (tertiary/aromatic N) is 1. The van der Waals surface area contributed by atoms with Gasteiger partial charge in [-0.1, -0.05) is 23.3 Å². The smallest absolute Gasteiger partial charge is 0.253 e. The number of amides is 4. The van der Waals surface area contributed by atoms with Crippen LogP contribution in [0.1, 0.15) is 24.3 Å². The Kier molecular flexibility index (Phi) is 4.84. The average Bonchev–Trinajstić information content (AvgIpc) is 3.13. The second-order valence-electron chi connectivity index (χ2n) is 8.91. The molecule has 2 heterocycles. The van der Waals surface area contributed by atoms with Crippen LogP contribution in [0.25, 0.3) is 0 Å². The summed E-state index contributed by atoms with van der Waals surface area (Å²) in [6.07, 6.45) is 1.99. The molecule has 5 rings (SSSR count). The number of aromatic hydroxyl groups is 1. The molecule has 8 nitrogen and oxygen atoms in total. The fraction of sp³-hybridized carbons (Fsp3) is 0.455. The molecule has 2 saturated heterocycles. The Morgan fingerprint density at radius 3 is 2.48 bits per heavy atom. The molecule has 174 valence electrons. The van der Waals surface area contributed by atoms with E-state index in [1.807, 2.05) is 0 Å². The predicted molar refractivity (Wildman–Crippen MR) is 118 cm³/mol. The summed E-state index contributed by atoms with van der Waals surface area (Å²) >= 11 is 20.3. The molecular formula is C22H19Cl3N2O6. The topological polar surface area (TPSA) is 113 Å². The lowest BCUT2D eigenvalue weighted by atomic mass is 9.56. The molecule has 2 aliphatic carbocycles. The Labute approximate surface area is 203 Å². The number of hydrogen-bond acceptors (Lipinski definition) is 6. The van der Waals surface area contributed by atoms with Gasteiger partial charge in [-0.05, 0) is 36.5 Å². The molecule has 0 unspecified atom stereocenters. The molecule has 4 aliphatic rings. The maximum absolute atomic E-state index is 13.4. The minimum absolute atomic E-state index is 0.0416. The second-order valence-corrected chi connectivity index (χ2v) is 10.6. The van der Waals surface area contributed by atoms with Crippen molar-refractivity contribution in [2.45, 2.75) is 28.5 Å². The Morgan fingerprint density at radius 2 is 1.82 bits per heavy atom. The third kappa shape index (κ3) is 2.65. The van der Waals surface area contributed by atoms with Gasteiger partial charge in [0, 0.05) is 13.0 Å². The van der Waals surface area contributed by atoms with E-state index in [1.165, 1.54) is 26.3 Å². The van der Waals surface area contributed by atoms with Crippen LogP contribution in [0.5, 0.6) is 11.5 Å². The molecule has 4 amide bonds. The van der Waals surface area contributed by atoms with Crippen LogP contribution in [-0.2, 0) is 19.2 Å². The number of ether oxygens (including phenoxy) is 1. The highest BCUT2D eigenvalue weighted by molar-refractivity contribution is 6.53.